The van der Waals surface area contributed by atoms with Crippen LogP contribution in [0.2, 0.25) is 0 Å². The van der Waals surface area contributed by atoms with Crippen LogP contribution in [0.1, 0.15) is 25.8 Å². The molecule has 0 aliphatic carbocycles. The smallest absolute Gasteiger partial charge is 0.154 e. The van der Waals surface area contributed by atoms with Crippen molar-refractivity contribution < 1.29 is 13.2 Å². The lowest BCUT2D eigenvalue weighted by atomic mass is 10.2. The molecule has 5 heteroatoms. The summed E-state index contributed by atoms with van der Waals surface area (Å²) >= 11 is 0. The van der Waals surface area contributed by atoms with Gasteiger partial charge in [0.15, 0.2) is 9.84 Å². The lowest BCUT2D eigenvalue weighted by molar-refractivity contribution is 0.417. The second-order valence-electron chi connectivity index (χ2n) is 4.64. The third-order valence-corrected chi connectivity index (χ3v) is 4.77. The number of nitrogen functional groups attached to an aromatic ring is 1. The lowest BCUT2D eigenvalue weighted by Crippen LogP contribution is -2.15. The SMILES string of the molecule is CCC(C)CS(=O)(=O)Cc1ccc(OC)c(N)c1. The average Bonchev–Trinajstić information content (AvgIpc) is 2.27. The molecular weight excluding hydrogens is 250 g/mol. The van der Waals surface area contributed by atoms with Crippen LogP contribution in [0.4, 0.5) is 5.69 Å². The molecule has 18 heavy (non-hydrogen) atoms. The van der Waals surface area contributed by atoms with Gasteiger partial charge in [-0.25, -0.2) is 8.42 Å². The van der Waals surface area contributed by atoms with Crippen molar-refractivity contribution in [1.82, 2.24) is 0 Å². The second-order valence-corrected chi connectivity index (χ2v) is 6.75. The van der Waals surface area contributed by atoms with E-state index in [1.165, 1.54) is 7.11 Å². The van der Waals surface area contributed by atoms with Gasteiger partial charge in [-0.15, -0.1) is 0 Å². The maximum absolute atomic E-state index is 12.0. The van der Waals surface area contributed by atoms with Gasteiger partial charge in [0.05, 0.1) is 24.3 Å². The first kappa shape index (κ1) is 14.8. The zero-order valence-electron chi connectivity index (χ0n) is 11.1. The molecule has 0 aliphatic heterocycles. The zero-order valence-corrected chi connectivity index (χ0v) is 12.0. The van der Waals surface area contributed by atoms with Crippen molar-refractivity contribution in [2.75, 3.05) is 18.6 Å². The lowest BCUT2D eigenvalue weighted by Gasteiger charge is -2.11. The van der Waals surface area contributed by atoms with Crippen LogP contribution in [0.15, 0.2) is 18.2 Å². The number of ether oxygens (including phenoxy) is 1. The van der Waals surface area contributed by atoms with Crippen molar-refractivity contribution in [2.24, 2.45) is 5.92 Å². The quantitative estimate of drug-likeness (QED) is 0.806. The van der Waals surface area contributed by atoms with Gasteiger partial charge in [-0.05, 0) is 23.6 Å². The van der Waals surface area contributed by atoms with E-state index in [4.69, 9.17) is 10.5 Å². The first-order valence-electron chi connectivity index (χ1n) is 6.00. The van der Waals surface area contributed by atoms with Crippen LogP contribution < -0.4 is 10.5 Å². The Bertz CT molecular complexity index is 497. The maximum Gasteiger partial charge on any atom is 0.154 e. The zero-order chi connectivity index (χ0) is 13.8. The van der Waals surface area contributed by atoms with Gasteiger partial charge in [0.1, 0.15) is 5.75 Å². The third kappa shape index (κ3) is 4.22. The summed E-state index contributed by atoms with van der Waals surface area (Å²) in [5.74, 6) is 1.00. The Labute approximate surface area is 109 Å². The Morgan fingerprint density at radius 2 is 2.06 bits per heavy atom. The number of hydrogen-bond acceptors (Lipinski definition) is 4. The molecule has 0 fully saturated rings. The molecule has 1 atom stereocenters. The number of methoxy groups -OCH3 is 1. The molecular formula is C13H21NO3S. The molecule has 1 aromatic rings. The Morgan fingerprint density at radius 1 is 1.39 bits per heavy atom. The second kappa shape index (κ2) is 6.09. The molecule has 0 amide bonds. The summed E-state index contributed by atoms with van der Waals surface area (Å²) in [6.07, 6.45) is 0.865. The standard InChI is InChI=1S/C13H21NO3S/c1-4-10(2)8-18(15,16)9-11-5-6-13(17-3)12(14)7-11/h5-7,10H,4,8-9,14H2,1-3H3. The van der Waals surface area contributed by atoms with E-state index in [0.29, 0.717) is 17.0 Å². The molecule has 0 heterocycles. The number of anilines is 1. The van der Waals surface area contributed by atoms with Crippen molar-refractivity contribution in [3.8, 4) is 5.75 Å². The topological polar surface area (TPSA) is 69.4 Å². The Kier molecular flexibility index (Phi) is 5.02. The van der Waals surface area contributed by atoms with Gasteiger partial charge >= 0.3 is 0 Å². The molecule has 1 rings (SSSR count). The molecule has 0 saturated carbocycles. The highest BCUT2D eigenvalue weighted by Crippen LogP contribution is 2.23. The van der Waals surface area contributed by atoms with Gasteiger partial charge in [0, 0.05) is 0 Å². The van der Waals surface area contributed by atoms with Gasteiger partial charge in [0.2, 0.25) is 0 Å². The predicted octanol–water partition coefficient (Wildman–Crippen LogP) is 2.24. The van der Waals surface area contributed by atoms with Gasteiger partial charge in [0.25, 0.3) is 0 Å². The molecule has 102 valence electrons. The van der Waals surface area contributed by atoms with E-state index in [1.54, 1.807) is 18.2 Å². The monoisotopic (exact) mass is 271 g/mol. The van der Waals surface area contributed by atoms with E-state index >= 15 is 0 Å². The van der Waals surface area contributed by atoms with E-state index in [2.05, 4.69) is 0 Å². The summed E-state index contributed by atoms with van der Waals surface area (Å²) in [7, 11) is -1.55. The number of hydrogen-bond donors (Lipinski definition) is 1. The molecule has 2 N–H and O–H groups in total. The van der Waals surface area contributed by atoms with E-state index < -0.39 is 9.84 Å². The fourth-order valence-corrected chi connectivity index (χ4v) is 3.65. The van der Waals surface area contributed by atoms with E-state index in [0.717, 1.165) is 6.42 Å². The Balaban J connectivity index is 2.81. The van der Waals surface area contributed by atoms with Crippen molar-refractivity contribution in [2.45, 2.75) is 26.0 Å². The highest BCUT2D eigenvalue weighted by molar-refractivity contribution is 7.90. The van der Waals surface area contributed by atoms with E-state index in [1.807, 2.05) is 13.8 Å². The summed E-state index contributed by atoms with van der Waals surface area (Å²) < 4.78 is 29.0. The van der Waals surface area contributed by atoms with Crippen molar-refractivity contribution in [3.05, 3.63) is 23.8 Å². The molecule has 0 spiro atoms. The van der Waals surface area contributed by atoms with Crippen molar-refractivity contribution >= 4 is 15.5 Å². The summed E-state index contributed by atoms with van der Waals surface area (Å²) in [6.45, 7) is 3.94. The van der Waals surface area contributed by atoms with Gasteiger partial charge < -0.3 is 10.5 Å². The van der Waals surface area contributed by atoms with Crippen molar-refractivity contribution in [3.63, 3.8) is 0 Å². The minimum atomic E-state index is -3.08. The molecule has 4 nitrogen and oxygen atoms in total. The van der Waals surface area contributed by atoms with Crippen LogP contribution in [0, 0.1) is 5.92 Å². The third-order valence-electron chi connectivity index (χ3n) is 2.92. The fraction of sp³-hybridized carbons (Fsp3) is 0.538. The molecule has 0 bridgehead atoms. The first-order valence-corrected chi connectivity index (χ1v) is 7.83. The Hall–Kier alpha value is -1.23. The largest absolute Gasteiger partial charge is 0.495 e. The molecule has 0 aliphatic rings. The average molecular weight is 271 g/mol. The number of nitrogens with two attached hydrogens (primary N) is 1. The van der Waals surface area contributed by atoms with Gasteiger partial charge in [-0.1, -0.05) is 26.3 Å². The number of sulfone groups is 1. The summed E-state index contributed by atoms with van der Waals surface area (Å²) in [5.41, 5.74) is 6.93. The van der Waals surface area contributed by atoms with Gasteiger partial charge in [-0.3, -0.25) is 0 Å². The summed E-state index contributed by atoms with van der Waals surface area (Å²) in [5, 5.41) is 0. The first-order chi connectivity index (χ1) is 8.38. The van der Waals surface area contributed by atoms with Crippen LogP contribution in [0.5, 0.6) is 5.75 Å². The highest BCUT2D eigenvalue weighted by Gasteiger charge is 2.16. The highest BCUT2D eigenvalue weighted by atomic mass is 32.2. The number of benzene rings is 1. The molecule has 1 unspecified atom stereocenters. The predicted molar refractivity (Wildman–Crippen MR) is 74.4 cm³/mol. The van der Waals surface area contributed by atoms with Crippen LogP contribution in [-0.4, -0.2) is 21.3 Å². The summed E-state index contributed by atoms with van der Waals surface area (Å²) in [4.78, 5) is 0. The fourth-order valence-electron chi connectivity index (χ4n) is 1.74. The van der Waals surface area contributed by atoms with Crippen LogP contribution in [-0.2, 0) is 15.6 Å². The minimum Gasteiger partial charge on any atom is -0.495 e. The summed E-state index contributed by atoms with van der Waals surface area (Å²) in [6, 6.07) is 5.10. The molecule has 1 aromatic carbocycles. The van der Waals surface area contributed by atoms with Crippen LogP contribution >= 0.6 is 0 Å². The van der Waals surface area contributed by atoms with E-state index in [-0.39, 0.29) is 17.4 Å². The Morgan fingerprint density at radius 3 is 2.56 bits per heavy atom. The van der Waals surface area contributed by atoms with Crippen molar-refractivity contribution in [1.29, 1.82) is 0 Å². The van der Waals surface area contributed by atoms with Crippen LogP contribution in [0.25, 0.3) is 0 Å². The number of rotatable bonds is 6. The molecule has 0 saturated heterocycles. The molecule has 0 radical (unpaired) electrons. The normalized spacial score (nSPS) is 13.3. The maximum atomic E-state index is 12.0. The van der Waals surface area contributed by atoms with Crippen LogP contribution in [0.3, 0.4) is 0 Å². The minimum absolute atomic E-state index is 0.0333. The molecule has 0 aromatic heterocycles. The van der Waals surface area contributed by atoms with E-state index in [9.17, 15) is 8.42 Å². The van der Waals surface area contributed by atoms with Gasteiger partial charge in [-0.2, -0.15) is 0 Å².